The summed E-state index contributed by atoms with van der Waals surface area (Å²) in [6.07, 6.45) is 1.38. The minimum Gasteiger partial charge on any atom is -0.465 e. The molecular weight excluding hydrogens is 234 g/mol. The summed E-state index contributed by atoms with van der Waals surface area (Å²) >= 11 is 0. The van der Waals surface area contributed by atoms with Crippen LogP contribution in [0.2, 0.25) is 0 Å². The fourth-order valence-corrected chi connectivity index (χ4v) is 1.50. The van der Waals surface area contributed by atoms with Gasteiger partial charge in [0.2, 0.25) is 12.3 Å². The third-order valence-corrected chi connectivity index (χ3v) is 2.38. The topological polar surface area (TPSA) is 63.7 Å². The monoisotopic (exact) mass is 249 g/mol. The molecule has 0 aromatic heterocycles. The predicted molar refractivity (Wildman–Crippen MR) is 66.2 cm³/mol. The lowest BCUT2D eigenvalue weighted by Gasteiger charge is -2.15. The van der Waals surface area contributed by atoms with E-state index < -0.39 is 5.97 Å². The van der Waals surface area contributed by atoms with Gasteiger partial charge in [0.15, 0.2) is 0 Å². The zero-order chi connectivity index (χ0) is 13.5. The molecule has 1 rings (SSSR count). The summed E-state index contributed by atoms with van der Waals surface area (Å²) in [5, 5.41) is 0. The third-order valence-electron chi connectivity index (χ3n) is 2.38. The van der Waals surface area contributed by atoms with Crippen LogP contribution in [0.3, 0.4) is 0 Å². The van der Waals surface area contributed by atoms with E-state index in [-0.39, 0.29) is 12.3 Å². The van der Waals surface area contributed by atoms with Crippen LogP contribution in [0.5, 0.6) is 0 Å². The zero-order valence-electron chi connectivity index (χ0n) is 10.4. The summed E-state index contributed by atoms with van der Waals surface area (Å²) < 4.78 is 4.58. The number of methoxy groups -OCH3 is 1. The second kappa shape index (κ2) is 6.54. The van der Waals surface area contributed by atoms with E-state index in [1.54, 1.807) is 18.2 Å². The molecule has 2 amide bonds. The van der Waals surface area contributed by atoms with Crippen molar-refractivity contribution in [1.82, 2.24) is 0 Å². The minimum absolute atomic E-state index is 0.279. The zero-order valence-corrected chi connectivity index (χ0v) is 10.4. The number of nitrogens with zero attached hydrogens (tertiary/aromatic N) is 1. The van der Waals surface area contributed by atoms with Crippen molar-refractivity contribution in [3.63, 3.8) is 0 Å². The van der Waals surface area contributed by atoms with E-state index in [1.165, 1.54) is 13.2 Å². The van der Waals surface area contributed by atoms with Crippen LogP contribution in [0, 0.1) is 0 Å². The summed E-state index contributed by atoms with van der Waals surface area (Å²) in [4.78, 5) is 35.0. The Labute approximate surface area is 105 Å². The lowest BCUT2D eigenvalue weighted by molar-refractivity contribution is -0.121. The molecule has 0 heterocycles. The fourth-order valence-electron chi connectivity index (χ4n) is 1.50. The Hall–Kier alpha value is -2.17. The van der Waals surface area contributed by atoms with Gasteiger partial charge in [-0.15, -0.1) is 0 Å². The number of amides is 2. The van der Waals surface area contributed by atoms with Crippen molar-refractivity contribution in [2.45, 2.75) is 19.8 Å². The summed E-state index contributed by atoms with van der Waals surface area (Å²) in [5.41, 5.74) is 0.664. The van der Waals surface area contributed by atoms with Crippen LogP contribution in [0.15, 0.2) is 24.3 Å². The lowest BCUT2D eigenvalue weighted by Crippen LogP contribution is -2.29. The molecule has 5 nitrogen and oxygen atoms in total. The molecule has 0 radical (unpaired) electrons. The van der Waals surface area contributed by atoms with Gasteiger partial charge in [0.1, 0.15) is 0 Å². The molecule has 0 saturated carbocycles. The maximum atomic E-state index is 11.7. The Morgan fingerprint density at radius 1 is 1.39 bits per heavy atom. The lowest BCUT2D eigenvalue weighted by atomic mass is 10.2. The number of imide groups is 1. The SMILES string of the molecule is CCCC(=O)N(C=O)c1cccc(C(=O)OC)c1. The predicted octanol–water partition coefficient (Wildman–Crippen LogP) is 1.76. The molecule has 0 aliphatic carbocycles. The van der Waals surface area contributed by atoms with Crippen molar-refractivity contribution in [2.24, 2.45) is 0 Å². The van der Waals surface area contributed by atoms with E-state index in [0.717, 1.165) is 4.90 Å². The highest BCUT2D eigenvalue weighted by Gasteiger charge is 2.15. The van der Waals surface area contributed by atoms with Crippen molar-refractivity contribution in [3.05, 3.63) is 29.8 Å². The van der Waals surface area contributed by atoms with Crippen molar-refractivity contribution in [2.75, 3.05) is 12.0 Å². The van der Waals surface area contributed by atoms with E-state index in [0.29, 0.717) is 24.1 Å². The average molecular weight is 249 g/mol. The van der Waals surface area contributed by atoms with Crippen LogP contribution < -0.4 is 4.90 Å². The molecule has 0 bridgehead atoms. The Bertz CT molecular complexity index is 456. The molecule has 0 aliphatic heterocycles. The molecule has 0 aliphatic rings. The number of hydrogen-bond donors (Lipinski definition) is 0. The Kier molecular flexibility index (Phi) is 5.05. The quantitative estimate of drug-likeness (QED) is 0.589. The van der Waals surface area contributed by atoms with Crippen LogP contribution >= 0.6 is 0 Å². The van der Waals surface area contributed by atoms with Crippen LogP contribution in [-0.2, 0) is 14.3 Å². The van der Waals surface area contributed by atoms with Crippen LogP contribution in [0.25, 0.3) is 0 Å². The summed E-state index contributed by atoms with van der Waals surface area (Å²) in [6.45, 7) is 1.85. The first-order valence-electron chi connectivity index (χ1n) is 5.59. The van der Waals surface area contributed by atoms with Gasteiger partial charge in [-0.25, -0.2) is 4.79 Å². The van der Waals surface area contributed by atoms with Crippen molar-refractivity contribution in [1.29, 1.82) is 0 Å². The van der Waals surface area contributed by atoms with Crippen molar-refractivity contribution < 1.29 is 19.1 Å². The van der Waals surface area contributed by atoms with Crippen LogP contribution in [0.4, 0.5) is 5.69 Å². The summed E-state index contributed by atoms with van der Waals surface area (Å²) in [5.74, 6) is -0.805. The standard InChI is InChI=1S/C13H15NO4/c1-3-5-12(16)14(9-15)11-7-4-6-10(8-11)13(17)18-2/h4,6-9H,3,5H2,1-2H3. The van der Waals surface area contributed by atoms with Crippen molar-refractivity contribution in [3.8, 4) is 0 Å². The smallest absolute Gasteiger partial charge is 0.337 e. The van der Waals surface area contributed by atoms with Gasteiger partial charge in [-0.3, -0.25) is 14.5 Å². The number of carbonyl (C=O) groups is 3. The van der Waals surface area contributed by atoms with Crippen LogP contribution in [0.1, 0.15) is 30.1 Å². The summed E-state index contributed by atoms with van der Waals surface area (Å²) in [7, 11) is 1.27. The largest absolute Gasteiger partial charge is 0.465 e. The maximum absolute atomic E-state index is 11.7. The average Bonchev–Trinajstić information content (AvgIpc) is 2.39. The van der Waals surface area contributed by atoms with Gasteiger partial charge in [0, 0.05) is 6.42 Å². The van der Waals surface area contributed by atoms with E-state index in [9.17, 15) is 14.4 Å². The molecule has 0 fully saturated rings. The molecular formula is C13H15NO4. The second-order valence-corrected chi connectivity index (χ2v) is 3.66. The molecule has 5 heteroatoms. The first-order chi connectivity index (χ1) is 8.63. The third kappa shape index (κ3) is 3.16. The molecule has 1 aromatic carbocycles. The van der Waals surface area contributed by atoms with E-state index in [2.05, 4.69) is 4.74 Å². The molecule has 0 N–H and O–H groups in total. The van der Waals surface area contributed by atoms with Gasteiger partial charge < -0.3 is 4.74 Å². The van der Waals surface area contributed by atoms with Crippen molar-refractivity contribution >= 4 is 24.0 Å². The van der Waals surface area contributed by atoms with E-state index in [1.807, 2.05) is 6.92 Å². The van der Waals surface area contributed by atoms with Crippen LogP contribution in [-0.4, -0.2) is 25.4 Å². The van der Waals surface area contributed by atoms with Gasteiger partial charge in [0.05, 0.1) is 18.4 Å². The highest BCUT2D eigenvalue weighted by Crippen LogP contribution is 2.17. The molecule has 0 unspecified atom stereocenters. The normalized spacial score (nSPS) is 9.67. The maximum Gasteiger partial charge on any atom is 0.337 e. The Morgan fingerprint density at radius 3 is 2.67 bits per heavy atom. The number of anilines is 1. The Morgan fingerprint density at radius 2 is 2.11 bits per heavy atom. The van der Waals surface area contributed by atoms with Gasteiger partial charge in [-0.2, -0.15) is 0 Å². The molecule has 0 atom stereocenters. The van der Waals surface area contributed by atoms with Gasteiger partial charge in [0.25, 0.3) is 0 Å². The molecule has 96 valence electrons. The van der Waals surface area contributed by atoms with E-state index in [4.69, 9.17) is 0 Å². The number of ether oxygens (including phenoxy) is 1. The molecule has 0 spiro atoms. The number of hydrogen-bond acceptors (Lipinski definition) is 4. The number of carbonyl (C=O) groups excluding carboxylic acids is 3. The summed E-state index contributed by atoms with van der Waals surface area (Å²) in [6, 6.07) is 6.20. The van der Waals surface area contributed by atoms with Gasteiger partial charge in [-0.1, -0.05) is 13.0 Å². The minimum atomic E-state index is -0.509. The first kappa shape index (κ1) is 13.9. The second-order valence-electron chi connectivity index (χ2n) is 3.66. The van der Waals surface area contributed by atoms with Gasteiger partial charge >= 0.3 is 5.97 Å². The highest BCUT2D eigenvalue weighted by atomic mass is 16.5. The van der Waals surface area contributed by atoms with E-state index >= 15 is 0 Å². The molecule has 0 saturated heterocycles. The van der Waals surface area contributed by atoms with Gasteiger partial charge in [-0.05, 0) is 24.6 Å². The number of benzene rings is 1. The number of rotatable bonds is 5. The molecule has 1 aromatic rings. The fraction of sp³-hybridized carbons (Fsp3) is 0.308. The first-order valence-corrected chi connectivity index (χ1v) is 5.59. The Balaban J connectivity index is 3.03. The number of esters is 1. The highest BCUT2D eigenvalue weighted by molar-refractivity contribution is 6.07. The molecule has 18 heavy (non-hydrogen) atoms.